The topological polar surface area (TPSA) is 42.7 Å². The van der Waals surface area contributed by atoms with Crippen molar-refractivity contribution in [2.45, 2.75) is 6.54 Å². The summed E-state index contributed by atoms with van der Waals surface area (Å²) in [6.07, 6.45) is 3.61. The maximum atomic E-state index is 5.19. The molecule has 1 aliphatic rings. The summed E-state index contributed by atoms with van der Waals surface area (Å²) in [5.74, 6) is 1.76. The lowest BCUT2D eigenvalue weighted by Crippen LogP contribution is -3.13. The van der Waals surface area contributed by atoms with E-state index in [0.29, 0.717) is 0 Å². The number of quaternary nitrogens is 1. The van der Waals surface area contributed by atoms with Gasteiger partial charge in [0.1, 0.15) is 12.3 Å². The third-order valence-electron chi connectivity index (χ3n) is 3.92. The quantitative estimate of drug-likeness (QED) is 0.882. The SMILES string of the molecule is COc1ccc(C[NH+]2CCN(c3ncccn3)CC2)cc1. The maximum Gasteiger partial charge on any atom is 0.225 e. The van der Waals surface area contributed by atoms with Gasteiger partial charge in [0.2, 0.25) is 5.95 Å². The van der Waals surface area contributed by atoms with Crippen LogP contribution in [0.15, 0.2) is 42.7 Å². The molecule has 0 unspecified atom stereocenters. The fourth-order valence-corrected chi connectivity index (χ4v) is 2.69. The predicted octanol–water partition coefficient (Wildman–Crippen LogP) is 0.390. The van der Waals surface area contributed by atoms with Crippen LogP contribution < -0.4 is 14.5 Å². The third kappa shape index (κ3) is 3.49. The van der Waals surface area contributed by atoms with Gasteiger partial charge in [-0.3, -0.25) is 0 Å². The first-order valence-electron chi connectivity index (χ1n) is 7.33. The Kier molecular flexibility index (Phi) is 4.31. The van der Waals surface area contributed by atoms with Crippen LogP contribution in [-0.4, -0.2) is 43.3 Å². The van der Waals surface area contributed by atoms with Crippen LogP contribution in [0, 0.1) is 0 Å². The molecule has 1 aliphatic heterocycles. The van der Waals surface area contributed by atoms with Crippen LogP contribution in [0.25, 0.3) is 0 Å². The van der Waals surface area contributed by atoms with Gasteiger partial charge in [0.05, 0.1) is 33.3 Å². The normalized spacial score (nSPS) is 16.0. The number of ether oxygens (including phenoxy) is 1. The molecular weight excluding hydrogens is 264 g/mol. The van der Waals surface area contributed by atoms with Crippen molar-refractivity contribution in [3.8, 4) is 5.75 Å². The van der Waals surface area contributed by atoms with Crippen molar-refractivity contribution < 1.29 is 9.64 Å². The number of rotatable bonds is 4. The molecule has 3 rings (SSSR count). The molecule has 5 nitrogen and oxygen atoms in total. The number of anilines is 1. The molecule has 0 atom stereocenters. The predicted molar refractivity (Wildman–Crippen MR) is 81.6 cm³/mol. The smallest absolute Gasteiger partial charge is 0.225 e. The largest absolute Gasteiger partial charge is 0.497 e. The summed E-state index contributed by atoms with van der Waals surface area (Å²) in [5.41, 5.74) is 1.36. The zero-order valence-corrected chi connectivity index (χ0v) is 12.3. The second-order valence-corrected chi connectivity index (χ2v) is 5.31. The first kappa shape index (κ1) is 13.8. The molecular formula is C16H21N4O+. The highest BCUT2D eigenvalue weighted by atomic mass is 16.5. The number of nitrogens with one attached hydrogen (secondary N) is 1. The number of nitrogens with zero attached hydrogens (tertiary/aromatic N) is 3. The average Bonchev–Trinajstić information content (AvgIpc) is 2.57. The van der Waals surface area contributed by atoms with E-state index >= 15 is 0 Å². The van der Waals surface area contributed by atoms with E-state index in [1.165, 1.54) is 5.56 Å². The zero-order chi connectivity index (χ0) is 14.5. The van der Waals surface area contributed by atoms with Crippen LogP contribution in [0.1, 0.15) is 5.56 Å². The summed E-state index contributed by atoms with van der Waals surface area (Å²) >= 11 is 0. The summed E-state index contributed by atoms with van der Waals surface area (Å²) in [6.45, 7) is 5.31. The van der Waals surface area contributed by atoms with Gasteiger partial charge in [0, 0.05) is 18.0 Å². The highest BCUT2D eigenvalue weighted by Gasteiger charge is 2.21. The fraction of sp³-hybridized carbons (Fsp3) is 0.375. The molecule has 1 aromatic carbocycles. The van der Waals surface area contributed by atoms with Crippen molar-refractivity contribution in [3.05, 3.63) is 48.3 Å². The molecule has 0 bridgehead atoms. The average molecular weight is 285 g/mol. The van der Waals surface area contributed by atoms with E-state index in [2.05, 4.69) is 27.0 Å². The van der Waals surface area contributed by atoms with Crippen molar-refractivity contribution in [1.29, 1.82) is 0 Å². The molecule has 1 fully saturated rings. The van der Waals surface area contributed by atoms with Crippen LogP contribution in [0.5, 0.6) is 5.75 Å². The number of piperazine rings is 1. The van der Waals surface area contributed by atoms with Crippen LogP contribution in [-0.2, 0) is 6.54 Å². The minimum absolute atomic E-state index is 0.848. The van der Waals surface area contributed by atoms with Gasteiger partial charge in [-0.05, 0) is 30.3 Å². The Morgan fingerprint density at radius 1 is 1.10 bits per heavy atom. The Balaban J connectivity index is 1.53. The van der Waals surface area contributed by atoms with Crippen molar-refractivity contribution in [2.24, 2.45) is 0 Å². The minimum atomic E-state index is 0.848. The van der Waals surface area contributed by atoms with Gasteiger partial charge in [-0.25, -0.2) is 9.97 Å². The van der Waals surface area contributed by atoms with Crippen LogP contribution >= 0.6 is 0 Å². The second kappa shape index (κ2) is 6.54. The summed E-state index contributed by atoms with van der Waals surface area (Å²) in [4.78, 5) is 12.5. The first-order chi connectivity index (χ1) is 10.3. The van der Waals surface area contributed by atoms with Gasteiger partial charge in [0.25, 0.3) is 0 Å². The lowest BCUT2D eigenvalue weighted by Gasteiger charge is -2.32. The zero-order valence-electron chi connectivity index (χ0n) is 12.3. The Morgan fingerprint density at radius 2 is 1.76 bits per heavy atom. The van der Waals surface area contributed by atoms with E-state index in [0.717, 1.165) is 44.4 Å². The van der Waals surface area contributed by atoms with Crippen molar-refractivity contribution in [3.63, 3.8) is 0 Å². The number of benzene rings is 1. The third-order valence-corrected chi connectivity index (χ3v) is 3.92. The first-order valence-corrected chi connectivity index (χ1v) is 7.33. The Labute approximate surface area is 125 Å². The lowest BCUT2D eigenvalue weighted by atomic mass is 10.2. The van der Waals surface area contributed by atoms with Gasteiger partial charge < -0.3 is 14.5 Å². The molecule has 110 valence electrons. The second-order valence-electron chi connectivity index (χ2n) is 5.31. The monoisotopic (exact) mass is 285 g/mol. The maximum absolute atomic E-state index is 5.19. The number of hydrogen-bond acceptors (Lipinski definition) is 4. The molecule has 5 heteroatoms. The minimum Gasteiger partial charge on any atom is -0.497 e. The molecule has 0 radical (unpaired) electrons. The van der Waals surface area contributed by atoms with Gasteiger partial charge in [-0.2, -0.15) is 0 Å². The molecule has 2 aromatic rings. The van der Waals surface area contributed by atoms with Gasteiger partial charge in [-0.15, -0.1) is 0 Å². The van der Waals surface area contributed by atoms with E-state index in [9.17, 15) is 0 Å². The molecule has 1 aromatic heterocycles. The molecule has 1 saturated heterocycles. The number of hydrogen-bond donors (Lipinski definition) is 1. The molecule has 0 spiro atoms. The summed E-state index contributed by atoms with van der Waals surface area (Å²) < 4.78 is 5.19. The highest BCUT2D eigenvalue weighted by molar-refractivity contribution is 5.29. The van der Waals surface area contributed by atoms with E-state index < -0.39 is 0 Å². The van der Waals surface area contributed by atoms with E-state index in [1.54, 1.807) is 24.4 Å². The van der Waals surface area contributed by atoms with E-state index in [1.807, 2.05) is 18.2 Å². The standard InChI is InChI=1S/C16H20N4O/c1-21-15-5-3-14(4-6-15)13-19-9-11-20(12-10-19)16-17-7-2-8-18-16/h2-8H,9-13H2,1H3/p+1. The lowest BCUT2D eigenvalue weighted by molar-refractivity contribution is -0.914. The fourth-order valence-electron chi connectivity index (χ4n) is 2.69. The molecule has 1 N–H and O–H groups in total. The van der Waals surface area contributed by atoms with Crippen molar-refractivity contribution in [1.82, 2.24) is 9.97 Å². The Bertz CT molecular complexity index is 550. The van der Waals surface area contributed by atoms with Gasteiger partial charge >= 0.3 is 0 Å². The Hall–Kier alpha value is -2.14. The molecule has 0 saturated carbocycles. The van der Waals surface area contributed by atoms with E-state index in [-0.39, 0.29) is 0 Å². The summed E-state index contributed by atoms with van der Waals surface area (Å²) in [6, 6.07) is 10.2. The molecule has 2 heterocycles. The van der Waals surface area contributed by atoms with Crippen LogP contribution in [0.3, 0.4) is 0 Å². The Morgan fingerprint density at radius 3 is 2.38 bits per heavy atom. The van der Waals surface area contributed by atoms with E-state index in [4.69, 9.17) is 4.74 Å². The number of methoxy groups -OCH3 is 1. The van der Waals surface area contributed by atoms with Crippen molar-refractivity contribution in [2.75, 3.05) is 38.2 Å². The van der Waals surface area contributed by atoms with Crippen LogP contribution in [0.4, 0.5) is 5.95 Å². The number of aromatic nitrogens is 2. The summed E-state index contributed by atoms with van der Waals surface area (Å²) in [7, 11) is 1.70. The molecule has 21 heavy (non-hydrogen) atoms. The van der Waals surface area contributed by atoms with Crippen LogP contribution in [0.2, 0.25) is 0 Å². The highest BCUT2D eigenvalue weighted by Crippen LogP contribution is 2.10. The molecule has 0 amide bonds. The van der Waals surface area contributed by atoms with Gasteiger partial charge in [-0.1, -0.05) is 0 Å². The summed E-state index contributed by atoms with van der Waals surface area (Å²) in [5, 5.41) is 0. The van der Waals surface area contributed by atoms with Gasteiger partial charge in [0.15, 0.2) is 0 Å². The molecule has 0 aliphatic carbocycles. The van der Waals surface area contributed by atoms with Crippen molar-refractivity contribution >= 4 is 5.95 Å².